The maximum Gasteiger partial charge on any atom is 0.289 e. The van der Waals surface area contributed by atoms with Crippen LogP contribution in [0.3, 0.4) is 0 Å². The minimum absolute atomic E-state index is 0.296. The van der Waals surface area contributed by atoms with Crippen LogP contribution in [-0.2, 0) is 6.61 Å². The molecular formula is C27H26N4O4. The number of rotatable bonds is 9. The summed E-state index contributed by atoms with van der Waals surface area (Å²) in [5.41, 5.74) is 7.36. The molecule has 1 aromatic heterocycles. The van der Waals surface area contributed by atoms with E-state index in [0.29, 0.717) is 29.5 Å². The Bertz CT molecular complexity index is 1310. The van der Waals surface area contributed by atoms with Gasteiger partial charge in [0.05, 0.1) is 26.1 Å². The molecule has 4 rings (SSSR count). The number of methoxy groups -OCH3 is 2. The molecule has 1 amide bonds. The molecule has 0 atom stereocenters. The number of hydrogen-bond donors (Lipinski definition) is 2. The first-order chi connectivity index (χ1) is 17.1. The fourth-order valence-corrected chi connectivity index (χ4v) is 3.32. The van der Waals surface area contributed by atoms with Gasteiger partial charge in [0, 0.05) is 5.56 Å². The van der Waals surface area contributed by atoms with Gasteiger partial charge in [-0.2, -0.15) is 10.2 Å². The van der Waals surface area contributed by atoms with E-state index in [1.54, 1.807) is 38.5 Å². The number of aromatic nitrogens is 2. The Kier molecular flexibility index (Phi) is 7.42. The topological polar surface area (TPSA) is 97.8 Å². The van der Waals surface area contributed by atoms with Gasteiger partial charge in [0.15, 0.2) is 11.5 Å². The van der Waals surface area contributed by atoms with E-state index in [4.69, 9.17) is 14.2 Å². The van der Waals surface area contributed by atoms with Crippen LogP contribution in [0.4, 0.5) is 0 Å². The lowest BCUT2D eigenvalue weighted by Crippen LogP contribution is -2.18. The zero-order chi connectivity index (χ0) is 24.6. The third-order valence-corrected chi connectivity index (χ3v) is 5.29. The van der Waals surface area contributed by atoms with E-state index in [-0.39, 0.29) is 0 Å². The van der Waals surface area contributed by atoms with Gasteiger partial charge in [-0.25, -0.2) is 5.43 Å². The van der Waals surface area contributed by atoms with Gasteiger partial charge >= 0.3 is 0 Å². The summed E-state index contributed by atoms with van der Waals surface area (Å²) >= 11 is 0. The Morgan fingerprint density at radius 3 is 2.43 bits per heavy atom. The predicted octanol–water partition coefficient (Wildman–Crippen LogP) is 4.75. The van der Waals surface area contributed by atoms with Gasteiger partial charge < -0.3 is 14.2 Å². The monoisotopic (exact) mass is 470 g/mol. The molecule has 0 bridgehead atoms. The number of benzene rings is 3. The first-order valence-electron chi connectivity index (χ1n) is 11.0. The number of aromatic amines is 1. The quantitative estimate of drug-likeness (QED) is 0.272. The molecule has 0 aliphatic rings. The van der Waals surface area contributed by atoms with Crippen molar-refractivity contribution in [1.82, 2.24) is 15.6 Å². The van der Waals surface area contributed by atoms with Crippen molar-refractivity contribution in [2.75, 3.05) is 14.2 Å². The Labute approximate surface area is 203 Å². The van der Waals surface area contributed by atoms with E-state index in [1.807, 2.05) is 24.3 Å². The van der Waals surface area contributed by atoms with Gasteiger partial charge in [0.25, 0.3) is 5.91 Å². The molecular weight excluding hydrogens is 444 g/mol. The average Bonchev–Trinajstić information content (AvgIpc) is 3.39. The molecule has 8 nitrogen and oxygen atoms in total. The van der Waals surface area contributed by atoms with E-state index >= 15 is 0 Å². The van der Waals surface area contributed by atoms with Crippen LogP contribution in [0.25, 0.3) is 11.3 Å². The highest BCUT2D eigenvalue weighted by Crippen LogP contribution is 2.27. The van der Waals surface area contributed by atoms with E-state index in [9.17, 15) is 4.79 Å². The van der Waals surface area contributed by atoms with E-state index in [1.165, 1.54) is 11.8 Å². The lowest BCUT2D eigenvalue weighted by Gasteiger charge is -2.07. The van der Waals surface area contributed by atoms with Gasteiger partial charge in [-0.1, -0.05) is 29.8 Å². The van der Waals surface area contributed by atoms with Crippen molar-refractivity contribution in [2.45, 2.75) is 13.5 Å². The summed E-state index contributed by atoms with van der Waals surface area (Å²) < 4.78 is 16.3. The Balaban J connectivity index is 1.33. The maximum absolute atomic E-state index is 12.4. The number of carbonyl (C=O) groups excluding carboxylic acids is 1. The van der Waals surface area contributed by atoms with Gasteiger partial charge in [-0.15, -0.1) is 0 Å². The summed E-state index contributed by atoms with van der Waals surface area (Å²) in [6.45, 7) is 2.55. The molecule has 1 heterocycles. The lowest BCUT2D eigenvalue weighted by atomic mass is 10.1. The third-order valence-electron chi connectivity index (χ3n) is 5.29. The second-order valence-electron chi connectivity index (χ2n) is 7.78. The molecule has 4 aromatic rings. The molecule has 0 radical (unpaired) electrons. The van der Waals surface area contributed by atoms with Crippen LogP contribution in [-0.4, -0.2) is 36.5 Å². The second kappa shape index (κ2) is 11.0. The molecule has 8 heteroatoms. The number of aryl methyl sites for hydroxylation is 1. The fourth-order valence-electron chi connectivity index (χ4n) is 3.32. The number of hydrogen-bond acceptors (Lipinski definition) is 6. The third kappa shape index (κ3) is 6.05. The Morgan fingerprint density at radius 1 is 0.971 bits per heavy atom. The summed E-state index contributed by atoms with van der Waals surface area (Å²) in [6, 6.07) is 22.8. The van der Waals surface area contributed by atoms with E-state index < -0.39 is 5.91 Å². The van der Waals surface area contributed by atoms with Crippen LogP contribution in [0.2, 0.25) is 0 Å². The molecule has 0 saturated carbocycles. The molecule has 35 heavy (non-hydrogen) atoms. The van der Waals surface area contributed by atoms with Crippen molar-refractivity contribution >= 4 is 12.1 Å². The average molecular weight is 471 g/mol. The van der Waals surface area contributed by atoms with Gasteiger partial charge in [0.2, 0.25) is 0 Å². The molecule has 178 valence electrons. The maximum atomic E-state index is 12.4. The number of ether oxygens (including phenoxy) is 3. The number of amides is 1. The first kappa shape index (κ1) is 23.6. The molecule has 0 fully saturated rings. The number of hydrazone groups is 1. The van der Waals surface area contributed by atoms with Crippen LogP contribution in [0, 0.1) is 6.92 Å². The van der Waals surface area contributed by atoms with Crippen LogP contribution in [0.15, 0.2) is 77.9 Å². The zero-order valence-electron chi connectivity index (χ0n) is 19.7. The second-order valence-corrected chi connectivity index (χ2v) is 7.78. The zero-order valence-corrected chi connectivity index (χ0v) is 19.7. The van der Waals surface area contributed by atoms with Crippen molar-refractivity contribution in [3.63, 3.8) is 0 Å². The molecule has 2 N–H and O–H groups in total. The van der Waals surface area contributed by atoms with Gasteiger partial charge in [-0.3, -0.25) is 9.89 Å². The minimum atomic E-state index is -0.404. The lowest BCUT2D eigenvalue weighted by molar-refractivity contribution is 0.0950. The smallest absolute Gasteiger partial charge is 0.289 e. The fraction of sp³-hybridized carbons (Fsp3) is 0.148. The summed E-state index contributed by atoms with van der Waals surface area (Å²) in [6.07, 6.45) is 1.52. The largest absolute Gasteiger partial charge is 0.493 e. The highest BCUT2D eigenvalue weighted by molar-refractivity contribution is 5.94. The van der Waals surface area contributed by atoms with Crippen LogP contribution >= 0.6 is 0 Å². The molecule has 0 aliphatic carbocycles. The molecule has 0 spiro atoms. The van der Waals surface area contributed by atoms with Crippen molar-refractivity contribution in [3.05, 3.63) is 95.2 Å². The Morgan fingerprint density at radius 2 is 1.71 bits per heavy atom. The summed E-state index contributed by atoms with van der Waals surface area (Å²) in [7, 11) is 3.13. The highest BCUT2D eigenvalue weighted by Gasteiger charge is 2.11. The number of H-pyrrole nitrogens is 1. The standard InChI is InChI=1S/C27H26N4O4/c1-18-4-6-19(7-5-18)17-35-22-11-9-21(10-12-22)23-15-24(30-29-23)27(32)31-28-16-20-8-13-25(33-2)26(14-20)34-3/h4-16H,17H2,1-3H3,(H,29,30)(H,31,32). The van der Waals surface area contributed by atoms with Crippen molar-refractivity contribution in [2.24, 2.45) is 5.10 Å². The molecule has 0 saturated heterocycles. The van der Waals surface area contributed by atoms with Crippen LogP contribution < -0.4 is 19.6 Å². The molecule has 0 aliphatic heterocycles. The summed E-state index contributed by atoms with van der Waals surface area (Å²) in [5.74, 6) is 1.54. The van der Waals surface area contributed by atoms with E-state index in [0.717, 1.165) is 22.4 Å². The van der Waals surface area contributed by atoms with Crippen molar-refractivity contribution in [3.8, 4) is 28.5 Å². The normalized spacial score (nSPS) is 10.8. The van der Waals surface area contributed by atoms with Gasteiger partial charge in [0.1, 0.15) is 18.1 Å². The van der Waals surface area contributed by atoms with Crippen molar-refractivity contribution < 1.29 is 19.0 Å². The van der Waals surface area contributed by atoms with Crippen LogP contribution in [0.1, 0.15) is 27.2 Å². The summed E-state index contributed by atoms with van der Waals surface area (Å²) in [5, 5.41) is 11.0. The first-order valence-corrected chi connectivity index (χ1v) is 11.0. The summed E-state index contributed by atoms with van der Waals surface area (Å²) in [4.78, 5) is 12.4. The molecule has 3 aromatic carbocycles. The SMILES string of the molecule is COc1ccc(C=NNC(=O)c2cc(-c3ccc(OCc4ccc(C)cc4)cc3)n[nH]2)cc1OC. The number of nitrogens with zero attached hydrogens (tertiary/aromatic N) is 2. The molecule has 0 unspecified atom stereocenters. The van der Waals surface area contributed by atoms with Gasteiger partial charge in [-0.05, 0) is 66.6 Å². The van der Waals surface area contributed by atoms with Crippen LogP contribution in [0.5, 0.6) is 17.2 Å². The number of carbonyl (C=O) groups is 1. The highest BCUT2D eigenvalue weighted by atomic mass is 16.5. The Hall–Kier alpha value is -4.59. The van der Waals surface area contributed by atoms with E-state index in [2.05, 4.69) is 51.9 Å². The number of nitrogens with one attached hydrogen (secondary N) is 2. The van der Waals surface area contributed by atoms with Crippen molar-refractivity contribution in [1.29, 1.82) is 0 Å². The minimum Gasteiger partial charge on any atom is -0.493 e. The predicted molar refractivity (Wildman–Crippen MR) is 134 cm³/mol.